The zero-order chi connectivity index (χ0) is 19.3. The lowest BCUT2D eigenvalue weighted by Crippen LogP contribution is -2.38. The van der Waals surface area contributed by atoms with E-state index in [9.17, 15) is 4.79 Å². The van der Waals surface area contributed by atoms with Crippen LogP contribution in [0, 0.1) is 0 Å². The van der Waals surface area contributed by atoms with E-state index in [0.717, 1.165) is 40.8 Å². The molecule has 0 saturated carbocycles. The number of amidine groups is 1. The molecule has 3 aliphatic rings. The van der Waals surface area contributed by atoms with Crippen molar-refractivity contribution in [2.24, 2.45) is 4.99 Å². The molecule has 142 valence electrons. The van der Waals surface area contributed by atoms with Crippen LogP contribution in [-0.4, -0.2) is 35.9 Å². The molecule has 0 aromatic heterocycles. The van der Waals surface area contributed by atoms with Gasteiger partial charge in [0.1, 0.15) is 11.5 Å². The zero-order valence-corrected chi connectivity index (χ0v) is 16.6. The standard InChI is InChI=1S/C22H20N2O3S/c1-26-14-8-10-18(27-2)17(11-14)21-16-9-7-13-5-3-4-6-15(13)20(16)23-22-24(21)19(25)12-28-22/h3-6,8,10-11,21H,7,9,12H2,1-2H3/t21-/m1/s1. The van der Waals surface area contributed by atoms with Crippen LogP contribution in [-0.2, 0) is 11.2 Å². The summed E-state index contributed by atoms with van der Waals surface area (Å²) in [7, 11) is 3.31. The summed E-state index contributed by atoms with van der Waals surface area (Å²) in [4.78, 5) is 19.6. The van der Waals surface area contributed by atoms with Gasteiger partial charge in [-0.3, -0.25) is 9.69 Å². The third-order valence-corrected chi connectivity index (χ3v) is 6.50. The third-order valence-electron chi connectivity index (χ3n) is 5.57. The van der Waals surface area contributed by atoms with E-state index in [4.69, 9.17) is 14.5 Å². The maximum atomic E-state index is 12.8. The fourth-order valence-corrected chi connectivity index (χ4v) is 5.17. The average molecular weight is 392 g/mol. The Kier molecular flexibility index (Phi) is 4.16. The number of aliphatic imine (C=N–C) groups is 1. The van der Waals surface area contributed by atoms with Gasteiger partial charge in [0, 0.05) is 11.1 Å². The Hall–Kier alpha value is -2.73. The van der Waals surface area contributed by atoms with Crippen LogP contribution in [0.25, 0.3) is 5.70 Å². The van der Waals surface area contributed by atoms with Crippen LogP contribution in [0.5, 0.6) is 11.5 Å². The molecule has 0 bridgehead atoms. The van der Waals surface area contributed by atoms with Crippen molar-refractivity contribution in [2.75, 3.05) is 20.0 Å². The number of rotatable bonds is 3. The molecule has 1 atom stereocenters. The van der Waals surface area contributed by atoms with E-state index >= 15 is 0 Å². The highest BCUT2D eigenvalue weighted by molar-refractivity contribution is 8.15. The second kappa shape index (κ2) is 6.71. The number of amides is 1. The molecule has 1 saturated heterocycles. The highest BCUT2D eigenvalue weighted by atomic mass is 32.2. The van der Waals surface area contributed by atoms with E-state index in [0.29, 0.717) is 5.75 Å². The topological polar surface area (TPSA) is 51.1 Å². The monoisotopic (exact) mass is 392 g/mol. The van der Waals surface area contributed by atoms with Gasteiger partial charge in [0.05, 0.1) is 31.7 Å². The SMILES string of the molecule is COc1ccc(OC)c([C@H]2C3=C(N=C4SCC(=O)N42)c2ccccc2CC3)c1. The van der Waals surface area contributed by atoms with Crippen molar-refractivity contribution >= 4 is 28.5 Å². The number of carbonyl (C=O) groups is 1. The van der Waals surface area contributed by atoms with E-state index in [1.807, 2.05) is 23.1 Å². The van der Waals surface area contributed by atoms with Gasteiger partial charge >= 0.3 is 0 Å². The van der Waals surface area contributed by atoms with Gasteiger partial charge < -0.3 is 9.47 Å². The number of fused-ring (bicyclic) bond motifs is 3. The van der Waals surface area contributed by atoms with Gasteiger partial charge in [0.15, 0.2) is 5.17 Å². The highest BCUT2D eigenvalue weighted by Gasteiger charge is 2.43. The molecule has 28 heavy (non-hydrogen) atoms. The Morgan fingerprint density at radius 1 is 1.11 bits per heavy atom. The maximum absolute atomic E-state index is 12.8. The number of benzene rings is 2. The van der Waals surface area contributed by atoms with Crippen LogP contribution in [0.4, 0.5) is 0 Å². The molecular formula is C22H20N2O3S. The fourth-order valence-electron chi connectivity index (χ4n) is 4.27. The first kappa shape index (κ1) is 17.4. The smallest absolute Gasteiger partial charge is 0.239 e. The van der Waals surface area contributed by atoms with E-state index in [2.05, 4.69) is 24.3 Å². The highest BCUT2D eigenvalue weighted by Crippen LogP contribution is 2.49. The normalized spacial score (nSPS) is 20.4. The molecule has 1 aliphatic carbocycles. The summed E-state index contributed by atoms with van der Waals surface area (Å²) >= 11 is 1.51. The molecule has 1 fully saturated rings. The lowest BCUT2D eigenvalue weighted by atomic mass is 9.82. The summed E-state index contributed by atoms with van der Waals surface area (Å²) in [5, 5.41) is 0.773. The molecule has 2 aliphatic heterocycles. The predicted octanol–water partition coefficient (Wildman–Crippen LogP) is 4.05. The van der Waals surface area contributed by atoms with Crippen molar-refractivity contribution in [3.63, 3.8) is 0 Å². The number of thioether (sulfide) groups is 1. The molecule has 2 aromatic rings. The molecule has 0 unspecified atom stereocenters. The molecule has 0 N–H and O–H groups in total. The van der Waals surface area contributed by atoms with Crippen molar-refractivity contribution in [1.82, 2.24) is 4.90 Å². The minimum absolute atomic E-state index is 0.0871. The predicted molar refractivity (Wildman–Crippen MR) is 111 cm³/mol. The van der Waals surface area contributed by atoms with E-state index in [1.165, 1.54) is 28.5 Å². The lowest BCUT2D eigenvalue weighted by molar-refractivity contribution is -0.125. The van der Waals surface area contributed by atoms with Gasteiger partial charge in [-0.1, -0.05) is 36.0 Å². The molecule has 1 amide bonds. The molecule has 6 heteroatoms. The lowest BCUT2D eigenvalue weighted by Gasteiger charge is -2.37. The number of aryl methyl sites for hydroxylation is 1. The van der Waals surface area contributed by atoms with Crippen LogP contribution >= 0.6 is 11.8 Å². The Labute approximate surface area is 168 Å². The first-order valence-corrected chi connectivity index (χ1v) is 10.3. The van der Waals surface area contributed by atoms with Crippen molar-refractivity contribution in [1.29, 1.82) is 0 Å². The van der Waals surface area contributed by atoms with Crippen molar-refractivity contribution in [3.8, 4) is 11.5 Å². The largest absolute Gasteiger partial charge is 0.497 e. The first-order chi connectivity index (χ1) is 13.7. The van der Waals surface area contributed by atoms with Crippen LogP contribution in [0.3, 0.4) is 0 Å². The molecule has 2 heterocycles. The third kappa shape index (κ3) is 2.55. The second-order valence-corrected chi connectivity index (χ2v) is 7.93. The number of hydrogen-bond donors (Lipinski definition) is 0. The van der Waals surface area contributed by atoms with Gasteiger partial charge in [-0.25, -0.2) is 4.99 Å². The minimum Gasteiger partial charge on any atom is -0.497 e. The minimum atomic E-state index is -0.219. The van der Waals surface area contributed by atoms with E-state index < -0.39 is 0 Å². The van der Waals surface area contributed by atoms with Crippen molar-refractivity contribution in [3.05, 3.63) is 64.7 Å². The van der Waals surface area contributed by atoms with E-state index in [-0.39, 0.29) is 11.9 Å². The average Bonchev–Trinajstić information content (AvgIpc) is 3.12. The van der Waals surface area contributed by atoms with Gasteiger partial charge in [-0.05, 0) is 42.2 Å². The van der Waals surface area contributed by atoms with Crippen molar-refractivity contribution < 1.29 is 14.3 Å². The Balaban J connectivity index is 1.75. The van der Waals surface area contributed by atoms with Gasteiger partial charge in [-0.15, -0.1) is 0 Å². The van der Waals surface area contributed by atoms with E-state index in [1.54, 1.807) is 14.2 Å². The van der Waals surface area contributed by atoms with Crippen molar-refractivity contribution in [2.45, 2.75) is 18.9 Å². The summed E-state index contributed by atoms with van der Waals surface area (Å²) < 4.78 is 11.1. The number of hydrogen-bond acceptors (Lipinski definition) is 5. The first-order valence-electron chi connectivity index (χ1n) is 9.28. The summed E-state index contributed by atoms with van der Waals surface area (Å²) in [6.45, 7) is 0. The summed E-state index contributed by atoms with van der Waals surface area (Å²) in [6.07, 6.45) is 1.81. The number of ether oxygens (including phenoxy) is 2. The Morgan fingerprint density at radius 2 is 1.96 bits per heavy atom. The molecule has 0 spiro atoms. The molecular weight excluding hydrogens is 372 g/mol. The molecule has 5 rings (SSSR count). The number of carbonyl (C=O) groups excluding carboxylic acids is 1. The molecule has 2 aromatic carbocycles. The van der Waals surface area contributed by atoms with Crippen LogP contribution in [0.1, 0.15) is 29.2 Å². The fraction of sp³-hybridized carbons (Fsp3) is 0.273. The summed E-state index contributed by atoms with van der Waals surface area (Å²) in [5.41, 5.74) is 5.60. The zero-order valence-electron chi connectivity index (χ0n) is 15.8. The van der Waals surface area contributed by atoms with Gasteiger partial charge in [0.25, 0.3) is 0 Å². The van der Waals surface area contributed by atoms with Gasteiger partial charge in [0.2, 0.25) is 5.91 Å². The Morgan fingerprint density at radius 3 is 2.79 bits per heavy atom. The molecule has 0 radical (unpaired) electrons. The summed E-state index contributed by atoms with van der Waals surface area (Å²) in [5.74, 6) is 2.01. The Bertz CT molecular complexity index is 1040. The summed E-state index contributed by atoms with van der Waals surface area (Å²) in [6, 6.07) is 14.0. The molecule has 5 nitrogen and oxygen atoms in total. The second-order valence-electron chi connectivity index (χ2n) is 6.99. The van der Waals surface area contributed by atoms with Crippen LogP contribution in [0.2, 0.25) is 0 Å². The number of methoxy groups -OCH3 is 2. The van der Waals surface area contributed by atoms with Crippen LogP contribution < -0.4 is 9.47 Å². The quantitative estimate of drug-likeness (QED) is 0.791. The van der Waals surface area contributed by atoms with Crippen LogP contribution in [0.15, 0.2) is 53.0 Å². The maximum Gasteiger partial charge on any atom is 0.239 e. The van der Waals surface area contributed by atoms with Gasteiger partial charge in [-0.2, -0.15) is 0 Å². The number of nitrogens with zero attached hydrogens (tertiary/aromatic N) is 2.